The van der Waals surface area contributed by atoms with Crippen molar-refractivity contribution in [3.8, 4) is 0 Å². The molecule has 0 saturated heterocycles. The van der Waals surface area contributed by atoms with Crippen LogP contribution in [0.2, 0.25) is 0 Å². The van der Waals surface area contributed by atoms with Crippen molar-refractivity contribution in [1.29, 1.82) is 0 Å². The molecule has 0 bridgehead atoms. The molecule has 0 saturated carbocycles. The van der Waals surface area contributed by atoms with Gasteiger partial charge in [0.2, 0.25) is 0 Å². The molecule has 0 aromatic heterocycles. The van der Waals surface area contributed by atoms with E-state index in [9.17, 15) is 13.2 Å². The normalized spacial score (nSPS) is 12.3. The average molecular weight is 479 g/mol. The zero-order chi connectivity index (χ0) is 25.0. The number of para-hydroxylation sites is 1. The number of amides is 1. The third-order valence-corrected chi connectivity index (χ3v) is 7.13. The van der Waals surface area contributed by atoms with Gasteiger partial charge in [-0.2, -0.15) is 0 Å². The second-order valence-corrected chi connectivity index (χ2v) is 12.3. The number of benzene rings is 3. The second-order valence-electron chi connectivity index (χ2n) is 10.4. The molecule has 0 aliphatic rings. The van der Waals surface area contributed by atoms with E-state index in [1.54, 1.807) is 54.6 Å². The Kier molecular flexibility index (Phi) is 7.51. The number of hydrogen-bond donors (Lipinski definition) is 1. The highest BCUT2D eigenvalue weighted by Crippen LogP contribution is 2.28. The van der Waals surface area contributed by atoms with Gasteiger partial charge in [-0.05, 0) is 67.6 Å². The molecule has 1 N–H and O–H groups in total. The lowest BCUT2D eigenvalue weighted by Gasteiger charge is -2.33. The Labute approximate surface area is 203 Å². The number of anilines is 1. The maximum Gasteiger partial charge on any atom is 0.264 e. The van der Waals surface area contributed by atoms with E-state index in [-0.39, 0.29) is 28.3 Å². The van der Waals surface area contributed by atoms with Crippen LogP contribution in [0.1, 0.15) is 57.0 Å². The van der Waals surface area contributed by atoms with Gasteiger partial charge in [-0.25, -0.2) is 8.42 Å². The van der Waals surface area contributed by atoms with Crippen LogP contribution in [0.3, 0.4) is 0 Å². The minimum Gasteiger partial charge on any atom is -0.347 e. The van der Waals surface area contributed by atoms with Crippen LogP contribution in [0.5, 0.6) is 0 Å². The molecule has 1 amide bonds. The first kappa shape index (κ1) is 25.5. The first-order chi connectivity index (χ1) is 15.9. The zero-order valence-corrected chi connectivity index (χ0v) is 21.4. The molecular formula is C28H34N2O3S. The highest BCUT2D eigenvalue weighted by Gasteiger charge is 2.28. The molecule has 3 rings (SSSR count). The van der Waals surface area contributed by atoms with E-state index in [2.05, 4.69) is 26.1 Å². The van der Waals surface area contributed by atoms with Crippen LogP contribution < -0.4 is 9.62 Å². The summed E-state index contributed by atoms with van der Waals surface area (Å²) < 4.78 is 28.3. The van der Waals surface area contributed by atoms with Gasteiger partial charge in [-0.3, -0.25) is 9.10 Å². The molecule has 0 radical (unpaired) electrons. The molecule has 5 nitrogen and oxygen atoms in total. The first-order valence-electron chi connectivity index (χ1n) is 11.4. The highest BCUT2D eigenvalue weighted by molar-refractivity contribution is 7.92. The highest BCUT2D eigenvalue weighted by atomic mass is 32.2. The Balaban J connectivity index is 1.83. The van der Waals surface area contributed by atoms with Gasteiger partial charge in [0.05, 0.1) is 17.1 Å². The maximum absolute atomic E-state index is 13.4. The molecule has 0 heterocycles. The van der Waals surface area contributed by atoms with Crippen LogP contribution in [0, 0.1) is 5.41 Å². The monoisotopic (exact) mass is 478 g/mol. The van der Waals surface area contributed by atoms with Gasteiger partial charge in [0.1, 0.15) is 0 Å². The fourth-order valence-corrected chi connectivity index (χ4v) is 5.78. The van der Waals surface area contributed by atoms with E-state index in [4.69, 9.17) is 0 Å². The molecule has 180 valence electrons. The Hall–Kier alpha value is -3.12. The molecule has 3 aromatic rings. The number of sulfonamides is 1. The lowest BCUT2D eigenvalue weighted by Crippen LogP contribution is -2.45. The van der Waals surface area contributed by atoms with Crippen LogP contribution in [0.25, 0.3) is 0 Å². The molecule has 0 unspecified atom stereocenters. The third kappa shape index (κ3) is 6.70. The lowest BCUT2D eigenvalue weighted by molar-refractivity contribution is 0.0891. The van der Waals surface area contributed by atoms with E-state index in [1.165, 1.54) is 4.31 Å². The van der Waals surface area contributed by atoms with Crippen LogP contribution >= 0.6 is 0 Å². The lowest BCUT2D eigenvalue weighted by atomic mass is 9.81. The summed E-state index contributed by atoms with van der Waals surface area (Å²) in [6.45, 7) is 10.7. The van der Waals surface area contributed by atoms with E-state index in [0.29, 0.717) is 11.3 Å². The van der Waals surface area contributed by atoms with E-state index >= 15 is 0 Å². The van der Waals surface area contributed by atoms with E-state index in [1.807, 2.05) is 44.2 Å². The fraction of sp³-hybridized carbons (Fsp3) is 0.321. The van der Waals surface area contributed by atoms with Gasteiger partial charge in [-0.15, -0.1) is 0 Å². The standard InChI is InChI=1S/C28H34N2O3S/c1-27(2,3)21-28(4,5)29-26(31)23-18-16-22(17-19-23)20-30(24-12-8-6-9-13-24)34(32,33)25-14-10-7-11-15-25/h6-19H,20-21H2,1-5H3,(H,29,31). The van der Waals surface area contributed by atoms with E-state index < -0.39 is 10.0 Å². The first-order valence-corrected chi connectivity index (χ1v) is 12.9. The zero-order valence-electron chi connectivity index (χ0n) is 20.6. The fourth-order valence-electron chi connectivity index (χ4n) is 4.31. The molecule has 0 fully saturated rings. The molecule has 0 aliphatic heterocycles. The largest absolute Gasteiger partial charge is 0.347 e. The van der Waals surface area contributed by atoms with Gasteiger partial charge in [0, 0.05) is 11.1 Å². The Morgan fingerprint density at radius 2 is 1.32 bits per heavy atom. The van der Waals surface area contributed by atoms with Gasteiger partial charge >= 0.3 is 0 Å². The molecule has 3 aromatic carbocycles. The SMILES string of the molecule is CC(C)(C)CC(C)(C)NC(=O)c1ccc(CN(c2ccccc2)S(=O)(=O)c2ccccc2)cc1. The minimum absolute atomic E-state index is 0.0891. The molecule has 0 spiro atoms. The molecule has 34 heavy (non-hydrogen) atoms. The van der Waals surface area contributed by atoms with Gasteiger partial charge in [0.25, 0.3) is 15.9 Å². The van der Waals surface area contributed by atoms with Gasteiger partial charge in [0.15, 0.2) is 0 Å². The summed E-state index contributed by atoms with van der Waals surface area (Å²) in [5.74, 6) is -0.141. The van der Waals surface area contributed by atoms with E-state index in [0.717, 1.165) is 12.0 Å². The summed E-state index contributed by atoms with van der Waals surface area (Å²) in [7, 11) is -3.77. The van der Waals surface area contributed by atoms with Crippen molar-refractivity contribution < 1.29 is 13.2 Å². The van der Waals surface area contributed by atoms with Crippen LogP contribution in [-0.2, 0) is 16.6 Å². The van der Waals surface area contributed by atoms with Crippen molar-refractivity contribution in [2.45, 2.75) is 58.0 Å². The number of nitrogens with one attached hydrogen (secondary N) is 1. The quantitative estimate of drug-likeness (QED) is 0.430. The number of hydrogen-bond acceptors (Lipinski definition) is 3. The molecule has 0 atom stereocenters. The topological polar surface area (TPSA) is 66.5 Å². The van der Waals surface area contributed by atoms with Gasteiger partial charge in [-0.1, -0.05) is 69.3 Å². The summed E-state index contributed by atoms with van der Waals surface area (Å²) in [5, 5.41) is 3.12. The maximum atomic E-state index is 13.4. The van der Waals surface area contributed by atoms with Crippen molar-refractivity contribution >= 4 is 21.6 Å². The van der Waals surface area contributed by atoms with Crippen LogP contribution in [0.15, 0.2) is 89.8 Å². The predicted octanol–water partition coefficient (Wildman–Crippen LogP) is 6.03. The van der Waals surface area contributed by atoms with Gasteiger partial charge < -0.3 is 5.32 Å². The number of nitrogens with zero attached hydrogens (tertiary/aromatic N) is 1. The number of carbonyl (C=O) groups is 1. The van der Waals surface area contributed by atoms with Crippen LogP contribution in [0.4, 0.5) is 5.69 Å². The molecular weight excluding hydrogens is 444 g/mol. The van der Waals surface area contributed by atoms with Crippen molar-refractivity contribution in [3.05, 3.63) is 96.1 Å². The Morgan fingerprint density at radius 3 is 1.85 bits per heavy atom. The van der Waals surface area contributed by atoms with Crippen molar-refractivity contribution in [2.75, 3.05) is 4.31 Å². The summed E-state index contributed by atoms with van der Waals surface area (Å²) in [6.07, 6.45) is 0.840. The molecule has 0 aliphatic carbocycles. The predicted molar refractivity (Wildman–Crippen MR) is 138 cm³/mol. The summed E-state index contributed by atoms with van der Waals surface area (Å²) in [5.41, 5.74) is 1.65. The summed E-state index contributed by atoms with van der Waals surface area (Å²) in [4.78, 5) is 13.1. The minimum atomic E-state index is -3.77. The average Bonchev–Trinajstić information content (AvgIpc) is 2.77. The Bertz CT molecular complexity index is 1200. The second kappa shape index (κ2) is 10.0. The summed E-state index contributed by atoms with van der Waals surface area (Å²) in [6, 6.07) is 24.6. The summed E-state index contributed by atoms with van der Waals surface area (Å²) >= 11 is 0. The van der Waals surface area contributed by atoms with Crippen molar-refractivity contribution in [1.82, 2.24) is 5.32 Å². The smallest absolute Gasteiger partial charge is 0.264 e. The molecule has 6 heteroatoms. The third-order valence-electron chi connectivity index (χ3n) is 5.34. The van der Waals surface area contributed by atoms with Crippen molar-refractivity contribution in [2.24, 2.45) is 5.41 Å². The Morgan fingerprint density at radius 1 is 0.794 bits per heavy atom. The van der Waals surface area contributed by atoms with Crippen LogP contribution in [-0.4, -0.2) is 19.9 Å². The number of carbonyl (C=O) groups excluding carboxylic acids is 1. The number of rotatable bonds is 8. The van der Waals surface area contributed by atoms with Crippen molar-refractivity contribution in [3.63, 3.8) is 0 Å².